The molecule has 34 heavy (non-hydrogen) atoms. The maximum absolute atomic E-state index is 14.1. The van der Waals surface area contributed by atoms with Gasteiger partial charge in [-0.15, -0.1) is 0 Å². The first-order valence-electron chi connectivity index (χ1n) is 12.3. The van der Waals surface area contributed by atoms with Gasteiger partial charge in [0.15, 0.2) is 0 Å². The van der Waals surface area contributed by atoms with E-state index in [9.17, 15) is 14.0 Å². The lowest BCUT2D eigenvalue weighted by molar-refractivity contribution is -0.142. The normalized spacial score (nSPS) is 30.1. The highest BCUT2D eigenvalue weighted by atomic mass is 19.1. The Labute approximate surface area is 198 Å². The van der Waals surface area contributed by atoms with E-state index in [0.29, 0.717) is 11.1 Å². The molecule has 0 spiro atoms. The molecule has 3 aromatic rings. The summed E-state index contributed by atoms with van der Waals surface area (Å²) in [4.78, 5) is 34.5. The fourth-order valence-electron chi connectivity index (χ4n) is 7.28. The summed E-state index contributed by atoms with van der Waals surface area (Å²) in [7, 11) is 0. The molecule has 2 bridgehead atoms. The molecule has 3 fully saturated rings. The Morgan fingerprint density at radius 3 is 2.53 bits per heavy atom. The molecule has 2 aromatic carbocycles. The molecular formula is C28H30FN3O2. The van der Waals surface area contributed by atoms with E-state index in [1.54, 1.807) is 19.1 Å². The van der Waals surface area contributed by atoms with Gasteiger partial charge in [0.1, 0.15) is 11.5 Å². The molecule has 2 aliphatic heterocycles. The minimum atomic E-state index is -0.315. The number of likely N-dealkylation sites (tertiary alicyclic amines) is 2. The van der Waals surface area contributed by atoms with Crippen molar-refractivity contribution >= 4 is 22.7 Å². The summed E-state index contributed by atoms with van der Waals surface area (Å²) in [5.41, 5.74) is 2.31. The van der Waals surface area contributed by atoms with Gasteiger partial charge in [0, 0.05) is 35.3 Å². The fraction of sp³-hybridized carbons (Fsp3) is 0.429. The Hall–Kier alpha value is -3.15. The highest BCUT2D eigenvalue weighted by molar-refractivity contribution is 5.98. The van der Waals surface area contributed by atoms with Crippen molar-refractivity contribution in [3.05, 3.63) is 71.7 Å². The number of hydrogen-bond acceptors (Lipinski definition) is 2. The van der Waals surface area contributed by atoms with Gasteiger partial charge in [-0.25, -0.2) is 4.39 Å². The Balaban J connectivity index is 1.44. The number of benzene rings is 2. The molecule has 6 heteroatoms. The van der Waals surface area contributed by atoms with Gasteiger partial charge in [-0.05, 0) is 61.9 Å². The van der Waals surface area contributed by atoms with E-state index in [1.165, 1.54) is 17.7 Å². The number of carbonyl (C=O) groups excluding carboxylic acids is 2. The molecule has 5 nitrogen and oxygen atoms in total. The molecule has 1 saturated carbocycles. The first-order valence-corrected chi connectivity index (χ1v) is 12.3. The highest BCUT2D eigenvalue weighted by Gasteiger charge is 2.64. The van der Waals surface area contributed by atoms with Crippen molar-refractivity contribution in [1.29, 1.82) is 0 Å². The third-order valence-corrected chi connectivity index (χ3v) is 8.66. The van der Waals surface area contributed by atoms with E-state index in [-0.39, 0.29) is 47.2 Å². The minimum absolute atomic E-state index is 0.0422. The largest absolute Gasteiger partial charge is 0.351 e. The second kappa shape index (κ2) is 7.69. The van der Waals surface area contributed by atoms with Crippen LogP contribution in [0.25, 0.3) is 10.9 Å². The van der Waals surface area contributed by atoms with E-state index >= 15 is 0 Å². The van der Waals surface area contributed by atoms with Crippen LogP contribution in [0, 0.1) is 11.2 Å². The van der Waals surface area contributed by atoms with Crippen molar-refractivity contribution in [2.75, 3.05) is 0 Å². The van der Waals surface area contributed by atoms with Gasteiger partial charge >= 0.3 is 0 Å². The Kier molecular flexibility index (Phi) is 4.84. The number of amides is 2. The van der Waals surface area contributed by atoms with Gasteiger partial charge < -0.3 is 14.8 Å². The van der Waals surface area contributed by atoms with Gasteiger partial charge in [-0.3, -0.25) is 9.59 Å². The fourth-order valence-corrected chi connectivity index (χ4v) is 7.28. The number of piperidine rings is 1. The lowest BCUT2D eigenvalue weighted by Gasteiger charge is -2.52. The average molecular weight is 460 g/mol. The summed E-state index contributed by atoms with van der Waals surface area (Å²) in [5, 5.41) is 0.699. The average Bonchev–Trinajstić information content (AvgIpc) is 3.37. The predicted octanol–water partition coefficient (Wildman–Crippen LogP) is 4.92. The number of rotatable bonds is 3. The molecule has 1 aromatic heterocycles. The Morgan fingerprint density at radius 2 is 1.79 bits per heavy atom. The number of H-pyrrole nitrogens is 1. The van der Waals surface area contributed by atoms with Gasteiger partial charge in [0.2, 0.25) is 5.91 Å². The number of aromatic nitrogens is 1. The van der Waals surface area contributed by atoms with Crippen molar-refractivity contribution in [2.45, 2.75) is 70.1 Å². The molecule has 3 heterocycles. The lowest BCUT2D eigenvalue weighted by Crippen LogP contribution is -2.62. The van der Waals surface area contributed by atoms with Crippen LogP contribution in [-0.2, 0) is 11.2 Å². The molecular weight excluding hydrogens is 429 g/mol. The Bertz CT molecular complexity index is 1270. The van der Waals surface area contributed by atoms with Gasteiger partial charge in [-0.2, -0.15) is 0 Å². The zero-order valence-corrected chi connectivity index (χ0v) is 19.6. The molecule has 6 rings (SSSR count). The molecule has 3 aliphatic rings. The van der Waals surface area contributed by atoms with Crippen LogP contribution in [0.15, 0.2) is 54.6 Å². The molecule has 0 radical (unpaired) electrons. The summed E-state index contributed by atoms with van der Waals surface area (Å²) in [6.07, 6.45) is 4.57. The topological polar surface area (TPSA) is 56.4 Å². The van der Waals surface area contributed by atoms with Gasteiger partial charge in [0.05, 0.1) is 12.1 Å². The quantitative estimate of drug-likeness (QED) is 0.604. The van der Waals surface area contributed by atoms with Crippen LogP contribution < -0.4 is 0 Å². The summed E-state index contributed by atoms with van der Waals surface area (Å²) in [6.45, 7) is 3.95. The third-order valence-electron chi connectivity index (χ3n) is 8.66. The van der Waals surface area contributed by atoms with Crippen LogP contribution in [-0.4, -0.2) is 50.8 Å². The number of carbonyl (C=O) groups is 2. The highest BCUT2D eigenvalue weighted by Crippen LogP contribution is 2.56. The first-order chi connectivity index (χ1) is 16.4. The maximum atomic E-state index is 14.1. The van der Waals surface area contributed by atoms with Crippen molar-refractivity contribution in [3.63, 3.8) is 0 Å². The van der Waals surface area contributed by atoms with Gasteiger partial charge in [-0.1, -0.05) is 37.3 Å². The molecule has 1 aliphatic carbocycles. The number of halogens is 1. The number of fused-ring (bicyclic) bond motifs is 2. The van der Waals surface area contributed by atoms with Crippen LogP contribution in [0.4, 0.5) is 4.39 Å². The first kappa shape index (κ1) is 21.4. The lowest BCUT2D eigenvalue weighted by atomic mass is 9.64. The SMILES string of the molecule is CC(=O)N1[C@@H](Cc2ccccc2)[C@@H]2C[C@@]3(C)[C@H](CCC[C@@H]13)N2C(=O)c1cc2cc(F)ccc2[nH]1. The van der Waals surface area contributed by atoms with Crippen LogP contribution in [0.1, 0.15) is 55.6 Å². The number of aromatic amines is 1. The molecule has 2 amide bonds. The number of hydrogen-bond donors (Lipinski definition) is 1. The Morgan fingerprint density at radius 1 is 1.06 bits per heavy atom. The zero-order valence-electron chi connectivity index (χ0n) is 19.6. The van der Waals surface area contributed by atoms with E-state index < -0.39 is 0 Å². The standard InChI is InChI=1S/C28H30FN3O2/c1-17(33)31-23(13-18-7-4-3-5-8-18)24-16-28(2)25(31)9-6-10-26(28)32(24)27(34)22-15-19-14-20(29)11-12-21(19)30-22/h3-5,7-8,11-12,14-15,23-26,30H,6,9-10,13,16H2,1-2H3/t23-,24-,25+,26-,28+/m0/s1. The van der Waals surface area contributed by atoms with Crippen molar-refractivity contribution < 1.29 is 14.0 Å². The zero-order chi connectivity index (χ0) is 23.6. The van der Waals surface area contributed by atoms with E-state index in [1.807, 2.05) is 18.2 Å². The molecule has 0 unspecified atom stereocenters. The summed E-state index contributed by atoms with van der Waals surface area (Å²) < 4.78 is 13.8. The summed E-state index contributed by atoms with van der Waals surface area (Å²) in [5.74, 6) is -0.262. The van der Waals surface area contributed by atoms with Crippen LogP contribution in [0.3, 0.4) is 0 Å². The van der Waals surface area contributed by atoms with Crippen LogP contribution in [0.5, 0.6) is 0 Å². The predicted molar refractivity (Wildman–Crippen MR) is 129 cm³/mol. The summed E-state index contributed by atoms with van der Waals surface area (Å²) >= 11 is 0. The second-order valence-electron chi connectivity index (χ2n) is 10.6. The molecule has 1 N–H and O–H groups in total. The monoisotopic (exact) mass is 459 g/mol. The minimum Gasteiger partial charge on any atom is -0.351 e. The molecule has 176 valence electrons. The molecule has 5 atom stereocenters. The van der Waals surface area contributed by atoms with Crippen LogP contribution >= 0.6 is 0 Å². The smallest absolute Gasteiger partial charge is 0.270 e. The van der Waals surface area contributed by atoms with Crippen molar-refractivity contribution in [2.24, 2.45) is 5.41 Å². The summed E-state index contributed by atoms with van der Waals surface area (Å²) in [6, 6.07) is 16.7. The number of nitrogens with zero attached hydrogens (tertiary/aromatic N) is 2. The molecule has 2 saturated heterocycles. The van der Waals surface area contributed by atoms with Crippen molar-refractivity contribution in [3.8, 4) is 0 Å². The van der Waals surface area contributed by atoms with E-state index in [0.717, 1.165) is 37.6 Å². The van der Waals surface area contributed by atoms with Crippen molar-refractivity contribution in [1.82, 2.24) is 14.8 Å². The second-order valence-corrected chi connectivity index (χ2v) is 10.6. The van der Waals surface area contributed by atoms with Gasteiger partial charge in [0.25, 0.3) is 5.91 Å². The third kappa shape index (κ3) is 3.11. The van der Waals surface area contributed by atoms with E-state index in [2.05, 4.69) is 33.8 Å². The van der Waals surface area contributed by atoms with E-state index in [4.69, 9.17) is 0 Å². The maximum Gasteiger partial charge on any atom is 0.270 e. The number of nitrogens with one attached hydrogen (secondary N) is 1. The van der Waals surface area contributed by atoms with Crippen LogP contribution in [0.2, 0.25) is 0 Å².